The molecule has 14 nitrogen and oxygen atoms in total. The van der Waals surface area contributed by atoms with Crippen LogP contribution in [0, 0.1) is 5.41 Å². The Balaban J connectivity index is 2.12. The Hall–Kier alpha value is -3.11. The lowest BCUT2D eigenvalue weighted by molar-refractivity contribution is -0.167. The number of thiazole rings is 1. The van der Waals surface area contributed by atoms with Gasteiger partial charge in [0.1, 0.15) is 17.3 Å². The minimum absolute atomic E-state index is 0.0605. The molecule has 1 saturated heterocycles. The topological polar surface area (TPSA) is 191 Å². The summed E-state index contributed by atoms with van der Waals surface area (Å²) in [6, 6.07) is -2.31. The number of rotatable bonds is 11. The van der Waals surface area contributed by atoms with Gasteiger partial charge in [0.05, 0.1) is 23.6 Å². The number of amides is 2. The number of carboxylic acids is 1. The van der Waals surface area contributed by atoms with E-state index in [1.165, 1.54) is 45.5 Å². The molecule has 1 aromatic heterocycles. The van der Waals surface area contributed by atoms with E-state index in [-0.39, 0.29) is 5.69 Å². The van der Waals surface area contributed by atoms with Crippen molar-refractivity contribution in [3.63, 3.8) is 0 Å². The Kier molecular flexibility index (Phi) is 8.96. The number of aromatic nitrogens is 1. The van der Waals surface area contributed by atoms with E-state index in [9.17, 15) is 32.7 Å². The third-order valence-electron chi connectivity index (χ3n) is 5.15. The Bertz CT molecular complexity index is 1220. The van der Waals surface area contributed by atoms with Gasteiger partial charge in [0.15, 0.2) is 5.71 Å². The molecule has 1 fully saturated rings. The number of carbonyl (C=O) groups is 4. The van der Waals surface area contributed by atoms with Crippen LogP contribution in [0.25, 0.3) is 0 Å². The Labute approximate surface area is 224 Å². The molecule has 2 N–H and O–H groups in total. The summed E-state index contributed by atoms with van der Waals surface area (Å²) in [5, 5.41) is 16.7. The molecule has 0 saturated carbocycles. The van der Waals surface area contributed by atoms with Gasteiger partial charge in [0, 0.05) is 5.38 Å². The lowest BCUT2D eigenvalue weighted by atomic mass is 9.95. The fourth-order valence-corrected chi connectivity index (χ4v) is 4.75. The molecule has 0 spiro atoms. The Morgan fingerprint density at radius 2 is 1.79 bits per heavy atom. The molecule has 1 aliphatic heterocycles. The quantitative estimate of drug-likeness (QED) is 0.166. The standard InChI is InChI=1S/C22H32N4O10S2/c1-12-14(24-16(27)15(13-9-37-11-23-13)25-36-22(7,8)18(29)30)17(28)26(12)38(32,33)34-10-21(5,6)19(31)35-20(2,3)4/h9,11-12,14H,10H2,1-8H3,(H,24,27)(H,29,30)/b25-15+/t12-,14-/m0/s1. The van der Waals surface area contributed by atoms with Crippen molar-refractivity contribution in [3.8, 4) is 0 Å². The summed E-state index contributed by atoms with van der Waals surface area (Å²) in [5.41, 5.74) is -2.84. The number of β-lactam (4-membered cyclic amide) rings is 1. The summed E-state index contributed by atoms with van der Waals surface area (Å²) in [7, 11) is -4.61. The van der Waals surface area contributed by atoms with Crippen LogP contribution in [0.4, 0.5) is 0 Å². The monoisotopic (exact) mass is 576 g/mol. The molecule has 1 aliphatic rings. The van der Waals surface area contributed by atoms with E-state index in [2.05, 4.69) is 15.5 Å². The van der Waals surface area contributed by atoms with Crippen molar-refractivity contribution in [2.45, 2.75) is 78.7 Å². The van der Waals surface area contributed by atoms with Gasteiger partial charge in [-0.2, -0.15) is 8.42 Å². The van der Waals surface area contributed by atoms with E-state index in [1.54, 1.807) is 20.8 Å². The molecule has 0 unspecified atom stereocenters. The number of nitrogens with zero attached hydrogens (tertiary/aromatic N) is 3. The number of esters is 1. The smallest absolute Gasteiger partial charge is 0.365 e. The van der Waals surface area contributed by atoms with Gasteiger partial charge in [0.2, 0.25) is 5.60 Å². The molecule has 0 aromatic carbocycles. The molecule has 2 amide bonds. The van der Waals surface area contributed by atoms with Crippen molar-refractivity contribution in [2.75, 3.05) is 6.61 Å². The SMILES string of the molecule is C[C@H]1[C@H](NC(=O)/C(=N/OC(C)(C)C(=O)O)c2cscn2)C(=O)N1S(=O)(=O)OCC(C)(C)C(=O)OC(C)(C)C. The van der Waals surface area contributed by atoms with Crippen LogP contribution in [0.2, 0.25) is 0 Å². The zero-order valence-electron chi connectivity index (χ0n) is 22.3. The van der Waals surface area contributed by atoms with Gasteiger partial charge < -0.3 is 20.0 Å². The van der Waals surface area contributed by atoms with Crippen LogP contribution < -0.4 is 5.32 Å². The average molecular weight is 577 g/mol. The van der Waals surface area contributed by atoms with E-state index < -0.39 is 75.1 Å². The number of carbonyl (C=O) groups excluding carboxylic acids is 3. The minimum Gasteiger partial charge on any atom is -0.478 e. The molecule has 38 heavy (non-hydrogen) atoms. The van der Waals surface area contributed by atoms with Crippen molar-refractivity contribution in [3.05, 3.63) is 16.6 Å². The molecule has 1 aromatic rings. The van der Waals surface area contributed by atoms with E-state index in [0.29, 0.717) is 4.31 Å². The van der Waals surface area contributed by atoms with Gasteiger partial charge in [-0.05, 0) is 55.4 Å². The van der Waals surface area contributed by atoms with Crippen LogP contribution in [0.1, 0.15) is 61.1 Å². The zero-order chi connectivity index (χ0) is 29.3. The zero-order valence-corrected chi connectivity index (χ0v) is 23.9. The predicted molar refractivity (Wildman–Crippen MR) is 134 cm³/mol. The maximum absolute atomic E-state index is 12.9. The first-order valence-corrected chi connectivity index (χ1v) is 13.7. The summed E-state index contributed by atoms with van der Waals surface area (Å²) in [4.78, 5) is 58.3. The fraction of sp³-hybridized carbons (Fsp3) is 0.636. The second kappa shape index (κ2) is 10.9. The van der Waals surface area contributed by atoms with Crippen molar-refractivity contribution in [1.82, 2.24) is 14.6 Å². The molecule has 2 atom stereocenters. The minimum atomic E-state index is -4.61. The maximum atomic E-state index is 12.9. The number of hydrogen-bond donors (Lipinski definition) is 2. The third kappa shape index (κ3) is 7.26. The fourth-order valence-electron chi connectivity index (χ4n) is 2.79. The van der Waals surface area contributed by atoms with Crippen molar-refractivity contribution < 1.29 is 46.5 Å². The number of oxime groups is 1. The van der Waals surface area contributed by atoms with E-state index in [4.69, 9.17) is 13.8 Å². The van der Waals surface area contributed by atoms with Crippen molar-refractivity contribution in [2.24, 2.45) is 10.6 Å². The molecule has 0 bridgehead atoms. The van der Waals surface area contributed by atoms with Crippen LogP contribution in [0.5, 0.6) is 0 Å². The van der Waals surface area contributed by atoms with E-state index in [1.807, 2.05) is 0 Å². The number of aliphatic carboxylic acids is 1. The molecule has 212 valence electrons. The largest absolute Gasteiger partial charge is 0.478 e. The van der Waals surface area contributed by atoms with Crippen molar-refractivity contribution >= 4 is 51.1 Å². The summed E-state index contributed by atoms with van der Waals surface area (Å²) in [5.74, 6) is -3.94. The second-order valence-corrected chi connectivity index (χ2v) is 12.9. The maximum Gasteiger partial charge on any atom is 0.365 e. The third-order valence-corrected chi connectivity index (χ3v) is 7.15. The van der Waals surface area contributed by atoms with Crippen LogP contribution >= 0.6 is 11.3 Å². The molecule has 0 aliphatic carbocycles. The second-order valence-electron chi connectivity index (χ2n) is 10.7. The van der Waals surface area contributed by atoms with Gasteiger partial charge in [-0.25, -0.2) is 14.1 Å². The number of nitrogens with one attached hydrogen (secondary N) is 1. The number of hydrogen-bond acceptors (Lipinski definition) is 12. The molecule has 0 radical (unpaired) electrons. The summed E-state index contributed by atoms with van der Waals surface area (Å²) in [6.07, 6.45) is 0. The Morgan fingerprint density at radius 3 is 2.26 bits per heavy atom. The molecule has 16 heteroatoms. The predicted octanol–water partition coefficient (Wildman–Crippen LogP) is 1.07. The Morgan fingerprint density at radius 1 is 1.18 bits per heavy atom. The lowest BCUT2D eigenvalue weighted by Gasteiger charge is -2.43. The highest BCUT2D eigenvalue weighted by Gasteiger charge is 2.53. The van der Waals surface area contributed by atoms with Gasteiger partial charge >= 0.3 is 22.2 Å². The highest BCUT2D eigenvalue weighted by molar-refractivity contribution is 7.85. The van der Waals surface area contributed by atoms with E-state index >= 15 is 0 Å². The molecule has 2 heterocycles. The van der Waals surface area contributed by atoms with Gasteiger partial charge in [-0.15, -0.1) is 11.3 Å². The van der Waals surface area contributed by atoms with Gasteiger partial charge in [0.25, 0.3) is 11.8 Å². The highest BCUT2D eigenvalue weighted by atomic mass is 32.2. The normalized spacial score (nSPS) is 19.0. The summed E-state index contributed by atoms with van der Waals surface area (Å²) in [6.45, 7) is 11.1. The van der Waals surface area contributed by atoms with Crippen molar-refractivity contribution in [1.29, 1.82) is 0 Å². The van der Waals surface area contributed by atoms with Crippen LogP contribution in [0.3, 0.4) is 0 Å². The summed E-state index contributed by atoms with van der Waals surface area (Å²) < 4.78 is 36.2. The molecular weight excluding hydrogens is 544 g/mol. The van der Waals surface area contributed by atoms with Crippen LogP contribution in [-0.2, 0) is 43.2 Å². The number of carboxylic acid groups (broad SMARTS) is 1. The van der Waals surface area contributed by atoms with Crippen LogP contribution in [-0.4, -0.2) is 82.2 Å². The highest BCUT2D eigenvalue weighted by Crippen LogP contribution is 2.28. The van der Waals surface area contributed by atoms with Gasteiger partial charge in [-0.1, -0.05) is 5.16 Å². The first kappa shape index (κ1) is 31.1. The summed E-state index contributed by atoms with van der Waals surface area (Å²) >= 11 is 1.13. The molecular formula is C22H32N4O10S2. The average Bonchev–Trinajstić information content (AvgIpc) is 3.29. The van der Waals surface area contributed by atoms with Crippen LogP contribution in [0.15, 0.2) is 16.0 Å². The first-order chi connectivity index (χ1) is 17.2. The van der Waals surface area contributed by atoms with E-state index in [0.717, 1.165) is 11.3 Å². The lowest BCUT2D eigenvalue weighted by Crippen LogP contribution is -2.71. The number of ether oxygens (including phenoxy) is 1. The first-order valence-electron chi connectivity index (χ1n) is 11.3. The molecule has 2 rings (SSSR count). The van der Waals surface area contributed by atoms with Gasteiger partial charge in [-0.3, -0.25) is 18.6 Å².